The zero-order chi connectivity index (χ0) is 12.5. The van der Waals surface area contributed by atoms with E-state index in [9.17, 15) is 0 Å². The molecule has 0 aliphatic carbocycles. The maximum atomic E-state index is 3.48. The van der Waals surface area contributed by atoms with Crippen LogP contribution in [0, 0.1) is 6.92 Å². The van der Waals surface area contributed by atoms with Crippen molar-refractivity contribution in [3.63, 3.8) is 0 Å². The van der Waals surface area contributed by atoms with Crippen LogP contribution in [0.4, 0.5) is 0 Å². The Morgan fingerprint density at radius 1 is 1.39 bits per heavy atom. The topological polar surface area (TPSA) is 31.1 Å². The highest BCUT2D eigenvalue weighted by Gasteiger charge is 2.18. The Kier molecular flexibility index (Phi) is 3.10. The summed E-state index contributed by atoms with van der Waals surface area (Å²) in [7, 11) is 2.23. The molecule has 1 atom stereocenters. The summed E-state index contributed by atoms with van der Waals surface area (Å²) in [6.07, 6.45) is 3.22. The van der Waals surface area contributed by atoms with Gasteiger partial charge in [-0.25, -0.2) is 0 Å². The minimum Gasteiger partial charge on any atom is -0.361 e. The third-order valence-electron chi connectivity index (χ3n) is 4.07. The van der Waals surface area contributed by atoms with Crippen LogP contribution < -0.4 is 5.32 Å². The largest absolute Gasteiger partial charge is 0.361 e. The highest BCUT2D eigenvalue weighted by molar-refractivity contribution is 5.83. The first-order valence-corrected chi connectivity index (χ1v) is 6.71. The van der Waals surface area contributed by atoms with Gasteiger partial charge in [0.05, 0.1) is 0 Å². The minimum atomic E-state index is 0.621. The predicted octanol–water partition coefficient (Wildman–Crippen LogP) is 1.92. The molecule has 3 rings (SSSR count). The van der Waals surface area contributed by atoms with Crippen LogP contribution >= 0.6 is 0 Å². The van der Waals surface area contributed by atoms with Gasteiger partial charge in [-0.1, -0.05) is 6.07 Å². The Bertz CT molecular complexity index is 544. The van der Waals surface area contributed by atoms with Gasteiger partial charge in [0.25, 0.3) is 0 Å². The summed E-state index contributed by atoms with van der Waals surface area (Å²) in [5.74, 6) is 0. The molecule has 3 nitrogen and oxygen atoms in total. The maximum Gasteiger partial charge on any atom is 0.0456 e. The molecule has 0 saturated carbocycles. The van der Waals surface area contributed by atoms with Gasteiger partial charge in [-0.15, -0.1) is 0 Å². The second-order valence-corrected chi connectivity index (χ2v) is 5.39. The van der Waals surface area contributed by atoms with Crippen molar-refractivity contribution < 1.29 is 0 Å². The molecule has 1 aromatic carbocycles. The van der Waals surface area contributed by atoms with Gasteiger partial charge < -0.3 is 15.2 Å². The van der Waals surface area contributed by atoms with Gasteiger partial charge in [0.2, 0.25) is 0 Å². The first-order chi connectivity index (χ1) is 8.74. The van der Waals surface area contributed by atoms with Crippen LogP contribution in [-0.4, -0.2) is 42.6 Å². The molecule has 1 saturated heterocycles. The zero-order valence-electron chi connectivity index (χ0n) is 11.2. The third kappa shape index (κ3) is 2.16. The Hall–Kier alpha value is -1.32. The van der Waals surface area contributed by atoms with Crippen LogP contribution in [-0.2, 0) is 6.42 Å². The van der Waals surface area contributed by atoms with Crippen molar-refractivity contribution >= 4 is 10.9 Å². The highest BCUT2D eigenvalue weighted by atomic mass is 15.2. The number of rotatable bonds is 2. The quantitative estimate of drug-likeness (QED) is 0.844. The van der Waals surface area contributed by atoms with Gasteiger partial charge in [-0.05, 0) is 43.7 Å². The Morgan fingerprint density at radius 2 is 2.28 bits per heavy atom. The highest BCUT2D eigenvalue weighted by Crippen LogP contribution is 2.20. The smallest absolute Gasteiger partial charge is 0.0456 e. The van der Waals surface area contributed by atoms with Crippen LogP contribution in [0.2, 0.25) is 0 Å². The molecule has 2 N–H and O–H groups in total. The van der Waals surface area contributed by atoms with Crippen LogP contribution in [0.25, 0.3) is 10.9 Å². The molecule has 18 heavy (non-hydrogen) atoms. The van der Waals surface area contributed by atoms with Crippen LogP contribution in [0.5, 0.6) is 0 Å². The Morgan fingerprint density at radius 3 is 3.11 bits per heavy atom. The summed E-state index contributed by atoms with van der Waals surface area (Å²) in [5, 5.41) is 4.84. The van der Waals surface area contributed by atoms with Gasteiger partial charge in [-0.3, -0.25) is 0 Å². The molecule has 0 spiro atoms. The van der Waals surface area contributed by atoms with E-state index in [0.29, 0.717) is 6.04 Å². The molecule has 3 heteroatoms. The maximum absolute atomic E-state index is 3.48. The van der Waals surface area contributed by atoms with Gasteiger partial charge in [0, 0.05) is 42.8 Å². The van der Waals surface area contributed by atoms with Crippen LogP contribution in [0.15, 0.2) is 24.4 Å². The van der Waals surface area contributed by atoms with Crippen molar-refractivity contribution in [2.45, 2.75) is 19.4 Å². The molecule has 0 bridgehead atoms. The van der Waals surface area contributed by atoms with Gasteiger partial charge in [0.1, 0.15) is 0 Å². The molecule has 2 aromatic rings. The van der Waals surface area contributed by atoms with Crippen molar-refractivity contribution in [2.24, 2.45) is 0 Å². The van der Waals surface area contributed by atoms with Crippen LogP contribution in [0.1, 0.15) is 11.1 Å². The number of aromatic nitrogens is 1. The average Bonchev–Trinajstić information content (AvgIpc) is 2.74. The SMILES string of the molecule is Cc1c[nH]c2ccc(CC3CNCCN3C)cc12. The van der Waals surface area contributed by atoms with Gasteiger partial charge in [0.15, 0.2) is 0 Å². The van der Waals surface area contributed by atoms with E-state index >= 15 is 0 Å². The van der Waals surface area contributed by atoms with Crippen LogP contribution in [0.3, 0.4) is 0 Å². The number of aryl methyl sites for hydroxylation is 1. The van der Waals surface area contributed by atoms with Crippen molar-refractivity contribution in [3.8, 4) is 0 Å². The summed E-state index contributed by atoms with van der Waals surface area (Å²) in [4.78, 5) is 5.77. The summed E-state index contributed by atoms with van der Waals surface area (Å²) in [5.41, 5.74) is 4.01. The van der Waals surface area contributed by atoms with E-state index < -0.39 is 0 Å². The molecule has 0 amide bonds. The van der Waals surface area contributed by atoms with E-state index in [1.807, 2.05) is 0 Å². The molecule has 96 valence electrons. The fourth-order valence-corrected chi connectivity index (χ4v) is 2.80. The second kappa shape index (κ2) is 4.75. The molecule has 2 heterocycles. The lowest BCUT2D eigenvalue weighted by atomic mass is 10.0. The van der Waals surface area contributed by atoms with Gasteiger partial charge in [-0.2, -0.15) is 0 Å². The van der Waals surface area contributed by atoms with E-state index in [-0.39, 0.29) is 0 Å². The number of hydrogen-bond acceptors (Lipinski definition) is 2. The lowest BCUT2D eigenvalue weighted by molar-refractivity contribution is 0.199. The molecule has 1 aliphatic rings. The number of nitrogens with zero attached hydrogens (tertiary/aromatic N) is 1. The number of nitrogens with one attached hydrogen (secondary N) is 2. The van der Waals surface area contributed by atoms with E-state index in [2.05, 4.69) is 53.6 Å². The molecule has 1 unspecified atom stereocenters. The minimum absolute atomic E-state index is 0.621. The number of fused-ring (bicyclic) bond motifs is 1. The monoisotopic (exact) mass is 243 g/mol. The molecule has 1 fully saturated rings. The fraction of sp³-hybridized carbons (Fsp3) is 0.467. The standard InChI is InChI=1S/C15H21N3/c1-11-9-17-15-4-3-12(8-14(11)15)7-13-10-16-5-6-18(13)2/h3-4,8-9,13,16-17H,5-7,10H2,1-2H3. The van der Waals surface area contributed by atoms with E-state index in [0.717, 1.165) is 26.1 Å². The lowest BCUT2D eigenvalue weighted by Crippen LogP contribution is -2.50. The normalized spacial score (nSPS) is 21.6. The van der Waals surface area contributed by atoms with Gasteiger partial charge >= 0.3 is 0 Å². The van der Waals surface area contributed by atoms with Crippen molar-refractivity contribution in [2.75, 3.05) is 26.7 Å². The lowest BCUT2D eigenvalue weighted by Gasteiger charge is -2.33. The van der Waals surface area contributed by atoms with Crippen molar-refractivity contribution in [3.05, 3.63) is 35.5 Å². The number of piperazine rings is 1. The first-order valence-electron chi connectivity index (χ1n) is 6.71. The molecular formula is C15H21N3. The predicted molar refractivity (Wildman–Crippen MR) is 76.0 cm³/mol. The van der Waals surface area contributed by atoms with Crippen molar-refractivity contribution in [1.82, 2.24) is 15.2 Å². The third-order valence-corrected chi connectivity index (χ3v) is 4.07. The summed E-state index contributed by atoms with van der Waals surface area (Å²) < 4.78 is 0. The fourth-order valence-electron chi connectivity index (χ4n) is 2.80. The first kappa shape index (κ1) is 11.8. The molecular weight excluding hydrogens is 222 g/mol. The number of H-pyrrole nitrogens is 1. The number of benzene rings is 1. The number of likely N-dealkylation sites (N-methyl/N-ethyl adjacent to an activating group) is 1. The Balaban J connectivity index is 1.83. The summed E-state index contributed by atoms with van der Waals surface area (Å²) >= 11 is 0. The zero-order valence-corrected chi connectivity index (χ0v) is 11.2. The summed E-state index contributed by atoms with van der Waals surface area (Å²) in [6.45, 7) is 5.52. The molecule has 1 aliphatic heterocycles. The molecule has 1 aromatic heterocycles. The number of hydrogen-bond donors (Lipinski definition) is 2. The van der Waals surface area contributed by atoms with E-state index in [1.54, 1.807) is 0 Å². The number of aromatic amines is 1. The Labute approximate surface area is 108 Å². The van der Waals surface area contributed by atoms with Crippen molar-refractivity contribution in [1.29, 1.82) is 0 Å². The van der Waals surface area contributed by atoms with E-state index in [4.69, 9.17) is 0 Å². The average molecular weight is 243 g/mol. The van der Waals surface area contributed by atoms with E-state index in [1.165, 1.54) is 22.0 Å². The summed E-state index contributed by atoms with van der Waals surface area (Å²) in [6, 6.07) is 7.41. The second-order valence-electron chi connectivity index (χ2n) is 5.39. The molecule has 0 radical (unpaired) electrons.